The molecule has 1 amide bonds. The van der Waals surface area contributed by atoms with Crippen LogP contribution in [0, 0.1) is 5.82 Å². The zero-order valence-corrected chi connectivity index (χ0v) is 16.4. The minimum absolute atomic E-state index is 0.0417. The van der Waals surface area contributed by atoms with Crippen molar-refractivity contribution in [2.75, 3.05) is 5.32 Å². The number of nitrogens with two attached hydrogens (primary N) is 1. The van der Waals surface area contributed by atoms with Crippen molar-refractivity contribution >= 4 is 29.2 Å². The molecule has 1 aliphatic rings. The molecule has 3 N–H and O–H groups in total. The lowest BCUT2D eigenvalue weighted by Gasteiger charge is -2.46. The maximum absolute atomic E-state index is 15.2. The summed E-state index contributed by atoms with van der Waals surface area (Å²) in [6.07, 6.45) is 2.45. The van der Waals surface area contributed by atoms with Gasteiger partial charge in [-0.15, -0.1) is 0 Å². The molecule has 0 saturated heterocycles. The number of alkyl halides is 2. The summed E-state index contributed by atoms with van der Waals surface area (Å²) in [6.45, 7) is 3.32. The van der Waals surface area contributed by atoms with Gasteiger partial charge in [-0.1, -0.05) is 11.6 Å². The van der Waals surface area contributed by atoms with Crippen LogP contribution < -0.4 is 11.1 Å². The van der Waals surface area contributed by atoms with Crippen LogP contribution in [0.4, 0.5) is 18.9 Å². The normalized spacial score (nSPS) is 22.4. The number of halogens is 4. The molecule has 0 bridgehead atoms. The highest BCUT2D eigenvalue weighted by molar-refractivity contribution is 6.30. The predicted molar refractivity (Wildman–Crippen MR) is 100 cm³/mol. The van der Waals surface area contributed by atoms with Crippen molar-refractivity contribution < 1.29 is 22.7 Å². The van der Waals surface area contributed by atoms with Gasteiger partial charge in [-0.3, -0.25) is 4.79 Å². The number of aliphatic imine (C=N–C) groups is 1. The fourth-order valence-corrected chi connectivity index (χ4v) is 3.14. The average molecular weight is 428 g/mol. The van der Waals surface area contributed by atoms with Crippen LogP contribution in [0.1, 0.15) is 37.0 Å². The van der Waals surface area contributed by atoms with Gasteiger partial charge in [0.2, 0.25) is 5.82 Å². The number of hydrogen-bond donors (Lipinski definition) is 2. The summed E-state index contributed by atoms with van der Waals surface area (Å²) < 4.78 is 49.9. The van der Waals surface area contributed by atoms with E-state index in [1.54, 1.807) is 0 Å². The van der Waals surface area contributed by atoms with E-state index in [4.69, 9.17) is 22.1 Å². The minimum Gasteiger partial charge on any atom is -0.453 e. The Morgan fingerprint density at radius 2 is 1.83 bits per heavy atom. The maximum Gasteiger partial charge on any atom is 0.315 e. The highest BCUT2D eigenvalue weighted by atomic mass is 35.5. The zero-order valence-electron chi connectivity index (χ0n) is 15.6. The first-order valence-corrected chi connectivity index (χ1v) is 8.76. The Balaban J connectivity index is 2.02. The Bertz CT molecular complexity index is 997. The maximum atomic E-state index is 15.2. The third kappa shape index (κ3) is 3.48. The molecule has 3 rings (SSSR count). The molecule has 0 fully saturated rings. The number of nitrogens with zero attached hydrogens (tertiary/aromatic N) is 3. The predicted octanol–water partition coefficient (Wildman–Crippen LogP) is 3.50. The smallest absolute Gasteiger partial charge is 0.315 e. The van der Waals surface area contributed by atoms with E-state index in [1.165, 1.54) is 18.5 Å². The van der Waals surface area contributed by atoms with Crippen LogP contribution in [0.5, 0.6) is 0 Å². The SMILES string of the molecule is CC1(C)OC(N)=N[C@](C)(c2cc(NC(=O)c3ncc(Cl)cn3)ccc2F)C1(F)F. The number of amides is 1. The number of amidine groups is 1. The summed E-state index contributed by atoms with van der Waals surface area (Å²) >= 11 is 5.68. The van der Waals surface area contributed by atoms with Crippen LogP contribution in [-0.2, 0) is 10.3 Å². The monoisotopic (exact) mass is 427 g/mol. The van der Waals surface area contributed by atoms with Gasteiger partial charge in [-0.05, 0) is 39.0 Å². The van der Waals surface area contributed by atoms with E-state index in [-0.39, 0.29) is 16.5 Å². The highest BCUT2D eigenvalue weighted by Gasteiger charge is 2.66. The molecule has 0 radical (unpaired) electrons. The fraction of sp³-hybridized carbons (Fsp3) is 0.333. The van der Waals surface area contributed by atoms with Crippen LogP contribution in [0.15, 0.2) is 35.6 Å². The number of hydrogen-bond acceptors (Lipinski definition) is 6. The number of carbonyl (C=O) groups is 1. The van der Waals surface area contributed by atoms with Crippen molar-refractivity contribution in [2.45, 2.75) is 37.8 Å². The van der Waals surface area contributed by atoms with Crippen LogP contribution in [0.25, 0.3) is 0 Å². The summed E-state index contributed by atoms with van der Waals surface area (Å²) in [6, 6.07) is 2.73. The molecule has 154 valence electrons. The summed E-state index contributed by atoms with van der Waals surface area (Å²) in [5, 5.41) is 2.67. The van der Waals surface area contributed by atoms with Crippen molar-refractivity contribution in [1.29, 1.82) is 0 Å². The molecular formula is C18H17ClF3N5O2. The zero-order chi connectivity index (χ0) is 21.6. The van der Waals surface area contributed by atoms with Crippen LogP contribution in [0.2, 0.25) is 5.02 Å². The highest BCUT2D eigenvalue weighted by Crippen LogP contribution is 2.51. The van der Waals surface area contributed by atoms with E-state index < -0.39 is 40.4 Å². The molecule has 11 heteroatoms. The van der Waals surface area contributed by atoms with E-state index in [1.807, 2.05) is 0 Å². The number of nitrogens with one attached hydrogen (secondary N) is 1. The van der Waals surface area contributed by atoms with Crippen molar-refractivity contribution in [3.8, 4) is 0 Å². The van der Waals surface area contributed by atoms with Crippen molar-refractivity contribution in [3.63, 3.8) is 0 Å². The van der Waals surface area contributed by atoms with E-state index in [9.17, 15) is 9.18 Å². The number of ether oxygens (including phenoxy) is 1. The lowest BCUT2D eigenvalue weighted by Crippen LogP contribution is -2.62. The first kappa shape index (κ1) is 20.8. The van der Waals surface area contributed by atoms with E-state index in [0.717, 1.165) is 32.9 Å². The van der Waals surface area contributed by atoms with Gasteiger partial charge in [-0.2, -0.15) is 8.78 Å². The lowest BCUT2D eigenvalue weighted by atomic mass is 9.77. The Hall–Kier alpha value is -2.88. The van der Waals surface area contributed by atoms with Gasteiger partial charge < -0.3 is 15.8 Å². The fourth-order valence-electron chi connectivity index (χ4n) is 3.05. The van der Waals surface area contributed by atoms with Gasteiger partial charge in [-0.25, -0.2) is 19.4 Å². The largest absolute Gasteiger partial charge is 0.453 e. The Kier molecular flexibility index (Phi) is 4.94. The molecule has 2 aromatic rings. The molecule has 1 atom stereocenters. The third-order valence-corrected chi connectivity index (χ3v) is 4.83. The molecule has 29 heavy (non-hydrogen) atoms. The van der Waals surface area contributed by atoms with Crippen LogP contribution >= 0.6 is 11.6 Å². The molecule has 7 nitrogen and oxygen atoms in total. The number of carbonyl (C=O) groups excluding carboxylic acids is 1. The molecule has 1 aromatic heterocycles. The van der Waals surface area contributed by atoms with Gasteiger partial charge in [0.1, 0.15) is 5.82 Å². The number of aromatic nitrogens is 2. The molecule has 0 unspecified atom stereocenters. The molecule has 2 heterocycles. The summed E-state index contributed by atoms with van der Waals surface area (Å²) in [5.74, 6) is -5.51. The van der Waals surface area contributed by atoms with Crippen molar-refractivity contribution in [2.24, 2.45) is 10.7 Å². The first-order valence-electron chi connectivity index (χ1n) is 8.38. The van der Waals surface area contributed by atoms with Gasteiger partial charge >= 0.3 is 5.92 Å². The van der Waals surface area contributed by atoms with Crippen LogP contribution in [0.3, 0.4) is 0 Å². The number of rotatable bonds is 3. The number of anilines is 1. The van der Waals surface area contributed by atoms with Gasteiger partial charge in [0, 0.05) is 23.6 Å². The number of benzene rings is 1. The Morgan fingerprint density at radius 1 is 1.21 bits per heavy atom. The van der Waals surface area contributed by atoms with Gasteiger partial charge in [0.15, 0.2) is 11.1 Å². The second-order valence-corrected chi connectivity index (χ2v) is 7.52. The topological polar surface area (TPSA) is 102 Å². The third-order valence-electron chi connectivity index (χ3n) is 4.63. The van der Waals surface area contributed by atoms with E-state index in [0.29, 0.717) is 0 Å². The second-order valence-electron chi connectivity index (χ2n) is 7.08. The van der Waals surface area contributed by atoms with E-state index in [2.05, 4.69) is 20.3 Å². The molecule has 0 aliphatic carbocycles. The Labute approximate surface area is 169 Å². The average Bonchev–Trinajstić information content (AvgIpc) is 2.61. The molecular weight excluding hydrogens is 411 g/mol. The molecule has 1 aliphatic heterocycles. The summed E-state index contributed by atoms with van der Waals surface area (Å²) in [4.78, 5) is 23.5. The van der Waals surface area contributed by atoms with Crippen molar-refractivity contribution in [3.05, 3.63) is 52.8 Å². The van der Waals surface area contributed by atoms with E-state index >= 15 is 8.78 Å². The minimum atomic E-state index is -3.63. The standard InChI is InChI=1S/C18H17ClF3N5O2/c1-16(2)18(21,22)17(3,27-15(23)29-16)11-6-10(4-5-12(11)20)26-14(28)13-24-7-9(19)8-25-13/h4-8H,1-3H3,(H2,23,27)(H,26,28)/t17-/m1/s1. The van der Waals surface area contributed by atoms with Crippen LogP contribution in [-0.4, -0.2) is 33.4 Å². The van der Waals surface area contributed by atoms with Gasteiger partial charge in [0.05, 0.1) is 5.02 Å². The van der Waals surface area contributed by atoms with Crippen molar-refractivity contribution in [1.82, 2.24) is 9.97 Å². The van der Waals surface area contributed by atoms with Gasteiger partial charge in [0.25, 0.3) is 11.9 Å². The quantitative estimate of drug-likeness (QED) is 0.780. The second kappa shape index (κ2) is 6.87. The molecule has 0 spiro atoms. The molecule has 0 saturated carbocycles. The first-order chi connectivity index (χ1) is 13.4. The lowest BCUT2D eigenvalue weighted by molar-refractivity contribution is -0.207. The Morgan fingerprint density at radius 3 is 2.45 bits per heavy atom. The molecule has 1 aromatic carbocycles. The summed E-state index contributed by atoms with van der Waals surface area (Å²) in [5.41, 5.74) is 0.737. The summed E-state index contributed by atoms with van der Waals surface area (Å²) in [7, 11) is 0.